The van der Waals surface area contributed by atoms with E-state index in [0.717, 1.165) is 10.6 Å². The van der Waals surface area contributed by atoms with Gasteiger partial charge in [0.25, 0.3) is 0 Å². The Morgan fingerprint density at radius 2 is 2.22 bits per heavy atom. The van der Waals surface area contributed by atoms with Crippen molar-refractivity contribution in [3.63, 3.8) is 0 Å². The van der Waals surface area contributed by atoms with Crippen LogP contribution in [0.2, 0.25) is 5.02 Å². The van der Waals surface area contributed by atoms with Gasteiger partial charge in [0.05, 0.1) is 0 Å². The Labute approximate surface area is 60.5 Å². The molecule has 0 aromatic heterocycles. The highest BCUT2D eigenvalue weighted by Crippen LogP contribution is 2.11. The highest BCUT2D eigenvalue weighted by atomic mass is 35.5. The van der Waals surface area contributed by atoms with Crippen molar-refractivity contribution in [2.24, 2.45) is 0 Å². The monoisotopic (exact) mass is 138 g/mol. The van der Waals surface area contributed by atoms with E-state index in [-0.39, 0.29) is 0 Å². The van der Waals surface area contributed by atoms with Gasteiger partial charge in [-0.2, -0.15) is 0 Å². The molecule has 46 valence electrons. The second-order valence-electron chi connectivity index (χ2n) is 1.76. The zero-order valence-electron chi connectivity index (χ0n) is 5.19. The molecule has 0 unspecified atom stereocenters. The van der Waals surface area contributed by atoms with Gasteiger partial charge in [-0.05, 0) is 17.7 Å². The van der Waals surface area contributed by atoms with Crippen molar-refractivity contribution in [3.8, 4) is 0 Å². The fourth-order valence-electron chi connectivity index (χ4n) is 0.644. The first kappa shape index (κ1) is 6.63. The van der Waals surface area contributed by atoms with Crippen LogP contribution >= 0.6 is 11.6 Å². The summed E-state index contributed by atoms with van der Waals surface area (Å²) in [4.78, 5) is 0. The standard InChI is InChI=1S/C8H7Cl/c1-2-7-4-3-5-8(9)6-7/h3-6H,1H3. The molecule has 2 radical (unpaired) electrons. The second kappa shape index (κ2) is 2.88. The summed E-state index contributed by atoms with van der Waals surface area (Å²) in [6, 6.07) is 7.60. The molecule has 1 aromatic rings. The largest absolute Gasteiger partial charge is 0.0843 e. The Hall–Kier alpha value is -0.490. The molecule has 0 bridgehead atoms. The molecule has 0 aliphatic rings. The van der Waals surface area contributed by atoms with E-state index in [1.807, 2.05) is 31.2 Å². The summed E-state index contributed by atoms with van der Waals surface area (Å²) in [6.07, 6.45) is 2.98. The highest BCUT2D eigenvalue weighted by molar-refractivity contribution is 6.30. The minimum Gasteiger partial charge on any atom is -0.0843 e. The lowest BCUT2D eigenvalue weighted by Crippen LogP contribution is -1.73. The average molecular weight is 139 g/mol. The summed E-state index contributed by atoms with van der Waals surface area (Å²) in [5, 5.41) is 0.766. The molecule has 0 aliphatic carbocycles. The van der Waals surface area contributed by atoms with Crippen LogP contribution in [0.3, 0.4) is 0 Å². The summed E-state index contributed by atoms with van der Waals surface area (Å²) in [5.74, 6) is 0. The summed E-state index contributed by atoms with van der Waals surface area (Å²) in [6.45, 7) is 1.87. The molecule has 0 fully saturated rings. The first-order chi connectivity index (χ1) is 4.33. The molecule has 1 heteroatoms. The van der Waals surface area contributed by atoms with Gasteiger partial charge >= 0.3 is 0 Å². The molecule has 1 rings (SSSR count). The normalized spacial score (nSPS) is 9.56. The van der Waals surface area contributed by atoms with Gasteiger partial charge in [0.1, 0.15) is 0 Å². The van der Waals surface area contributed by atoms with Gasteiger partial charge in [-0.25, -0.2) is 0 Å². The van der Waals surface area contributed by atoms with E-state index in [1.165, 1.54) is 0 Å². The summed E-state index contributed by atoms with van der Waals surface area (Å²) < 4.78 is 0. The van der Waals surface area contributed by atoms with Crippen LogP contribution in [0, 0.1) is 6.42 Å². The van der Waals surface area contributed by atoms with E-state index in [1.54, 1.807) is 0 Å². The average Bonchev–Trinajstić information content (AvgIpc) is 1.88. The van der Waals surface area contributed by atoms with E-state index in [4.69, 9.17) is 11.6 Å². The molecule has 0 N–H and O–H groups in total. The first-order valence-corrected chi connectivity index (χ1v) is 3.14. The molecule has 0 nitrogen and oxygen atoms in total. The van der Waals surface area contributed by atoms with Crippen molar-refractivity contribution in [2.75, 3.05) is 0 Å². The van der Waals surface area contributed by atoms with Crippen LogP contribution in [0.15, 0.2) is 24.3 Å². The van der Waals surface area contributed by atoms with Gasteiger partial charge in [0.15, 0.2) is 0 Å². The molecule has 0 heterocycles. The minimum atomic E-state index is 0.766. The fraction of sp³-hybridized carbons (Fsp3) is 0.125. The molecule has 0 saturated heterocycles. The smallest absolute Gasteiger partial charge is 0.0408 e. The van der Waals surface area contributed by atoms with Crippen molar-refractivity contribution in [1.29, 1.82) is 0 Å². The van der Waals surface area contributed by atoms with Gasteiger partial charge in [-0.15, -0.1) is 0 Å². The van der Waals surface area contributed by atoms with Gasteiger partial charge in [0.2, 0.25) is 0 Å². The van der Waals surface area contributed by atoms with Gasteiger partial charge < -0.3 is 0 Å². The fourth-order valence-corrected chi connectivity index (χ4v) is 0.834. The summed E-state index contributed by atoms with van der Waals surface area (Å²) in [5.41, 5.74) is 1.04. The van der Waals surface area contributed by atoms with Gasteiger partial charge in [0, 0.05) is 11.4 Å². The predicted molar refractivity (Wildman–Crippen MR) is 39.5 cm³/mol. The third-order valence-corrected chi connectivity index (χ3v) is 1.35. The topological polar surface area (TPSA) is 0 Å². The van der Waals surface area contributed by atoms with E-state index >= 15 is 0 Å². The zero-order chi connectivity index (χ0) is 6.69. The van der Waals surface area contributed by atoms with E-state index < -0.39 is 0 Å². The molecule has 1 aromatic carbocycles. The third kappa shape index (κ3) is 1.72. The molecular formula is C8H7Cl. The Kier molecular flexibility index (Phi) is 2.12. The van der Waals surface area contributed by atoms with E-state index in [9.17, 15) is 0 Å². The first-order valence-electron chi connectivity index (χ1n) is 2.76. The molecule has 0 amide bonds. The van der Waals surface area contributed by atoms with Crippen LogP contribution in [-0.2, 0) is 0 Å². The maximum atomic E-state index is 5.68. The number of benzene rings is 1. The molecular weight excluding hydrogens is 132 g/mol. The lowest BCUT2D eigenvalue weighted by molar-refractivity contribution is 1.42. The molecule has 0 atom stereocenters. The third-order valence-electron chi connectivity index (χ3n) is 1.11. The van der Waals surface area contributed by atoms with E-state index in [2.05, 4.69) is 6.42 Å². The van der Waals surface area contributed by atoms with Crippen molar-refractivity contribution in [3.05, 3.63) is 41.3 Å². The van der Waals surface area contributed by atoms with Crippen molar-refractivity contribution in [1.82, 2.24) is 0 Å². The second-order valence-corrected chi connectivity index (χ2v) is 2.20. The van der Waals surface area contributed by atoms with Crippen LogP contribution in [0.4, 0.5) is 0 Å². The Morgan fingerprint density at radius 1 is 1.44 bits per heavy atom. The Bertz CT molecular complexity index is 194. The van der Waals surface area contributed by atoms with Crippen LogP contribution in [0.1, 0.15) is 12.5 Å². The number of hydrogen-bond acceptors (Lipinski definition) is 0. The van der Waals surface area contributed by atoms with Crippen LogP contribution in [0.5, 0.6) is 0 Å². The Balaban J connectivity index is 2.94. The maximum Gasteiger partial charge on any atom is 0.0408 e. The van der Waals surface area contributed by atoms with Crippen LogP contribution in [0.25, 0.3) is 0 Å². The number of halogens is 1. The summed E-state index contributed by atoms with van der Waals surface area (Å²) >= 11 is 5.68. The van der Waals surface area contributed by atoms with Crippen LogP contribution < -0.4 is 0 Å². The molecule has 0 saturated carbocycles. The maximum absolute atomic E-state index is 5.68. The highest BCUT2D eigenvalue weighted by Gasteiger charge is 1.88. The van der Waals surface area contributed by atoms with Gasteiger partial charge in [-0.1, -0.05) is 30.7 Å². The Morgan fingerprint density at radius 3 is 2.67 bits per heavy atom. The van der Waals surface area contributed by atoms with Gasteiger partial charge in [-0.3, -0.25) is 0 Å². The minimum absolute atomic E-state index is 0.766. The molecule has 0 spiro atoms. The predicted octanol–water partition coefficient (Wildman–Crippen LogP) is 2.79. The lowest BCUT2D eigenvalue weighted by Gasteiger charge is -1.92. The summed E-state index contributed by atoms with van der Waals surface area (Å²) in [7, 11) is 0. The molecule has 9 heavy (non-hydrogen) atoms. The van der Waals surface area contributed by atoms with Crippen LogP contribution in [-0.4, -0.2) is 0 Å². The van der Waals surface area contributed by atoms with Crippen molar-refractivity contribution < 1.29 is 0 Å². The molecule has 0 aliphatic heterocycles. The number of hydrogen-bond donors (Lipinski definition) is 0. The van der Waals surface area contributed by atoms with Crippen molar-refractivity contribution in [2.45, 2.75) is 6.92 Å². The lowest BCUT2D eigenvalue weighted by atomic mass is 10.2. The SMILES string of the molecule is C[C]c1cccc(Cl)c1. The quantitative estimate of drug-likeness (QED) is 0.560. The van der Waals surface area contributed by atoms with E-state index in [0.29, 0.717) is 0 Å². The van der Waals surface area contributed by atoms with Crippen molar-refractivity contribution >= 4 is 11.6 Å². The zero-order valence-corrected chi connectivity index (χ0v) is 5.94. The number of rotatable bonds is 1.